The first-order valence-corrected chi connectivity index (χ1v) is 13.4. The zero-order valence-corrected chi connectivity index (χ0v) is 22.9. The molecule has 11 nitrogen and oxygen atoms in total. The van der Waals surface area contributed by atoms with E-state index in [1.807, 2.05) is 19.1 Å². The van der Waals surface area contributed by atoms with E-state index in [0.29, 0.717) is 31.6 Å². The zero-order valence-electron chi connectivity index (χ0n) is 22.9. The molecule has 1 aromatic carbocycles. The van der Waals surface area contributed by atoms with Crippen LogP contribution in [0.15, 0.2) is 53.8 Å². The number of alkyl halides is 3. The molecule has 2 unspecified atom stereocenters. The van der Waals surface area contributed by atoms with Crippen molar-refractivity contribution in [2.24, 2.45) is 0 Å². The number of aliphatic hydroxyl groups is 1. The smallest absolute Gasteiger partial charge is 0.394 e. The molecule has 0 aliphatic carbocycles. The quantitative estimate of drug-likeness (QED) is 0.287. The van der Waals surface area contributed by atoms with Gasteiger partial charge in [-0.2, -0.15) is 18.3 Å². The van der Waals surface area contributed by atoms with E-state index in [1.165, 1.54) is 19.2 Å². The summed E-state index contributed by atoms with van der Waals surface area (Å²) in [6.45, 7) is 4.07. The number of nitrogens with zero attached hydrogens (tertiary/aromatic N) is 5. The number of hydrogen-bond donors (Lipinski definition) is 3. The molecule has 0 radical (unpaired) electrons. The lowest BCUT2D eigenvalue weighted by molar-refractivity contribution is -0.137. The van der Waals surface area contributed by atoms with E-state index in [2.05, 4.69) is 25.7 Å². The molecule has 4 heterocycles. The Morgan fingerprint density at radius 2 is 2.00 bits per heavy atom. The summed E-state index contributed by atoms with van der Waals surface area (Å²) in [5.41, 5.74) is -0.487. The first-order valence-electron chi connectivity index (χ1n) is 13.4. The van der Waals surface area contributed by atoms with Crippen LogP contribution in [0, 0.1) is 6.92 Å². The number of anilines is 1. The van der Waals surface area contributed by atoms with Crippen LogP contribution in [0.4, 0.5) is 19.1 Å². The van der Waals surface area contributed by atoms with Crippen molar-refractivity contribution in [3.8, 4) is 11.3 Å². The van der Waals surface area contributed by atoms with E-state index in [9.17, 15) is 27.9 Å². The molecular formula is C28H30F3N7O4. The van der Waals surface area contributed by atoms with Crippen LogP contribution in [0.3, 0.4) is 0 Å². The van der Waals surface area contributed by atoms with Gasteiger partial charge >= 0.3 is 6.18 Å². The number of benzene rings is 1. The molecule has 14 heteroatoms. The predicted octanol–water partition coefficient (Wildman–Crippen LogP) is 3.28. The van der Waals surface area contributed by atoms with Gasteiger partial charge in [0.05, 0.1) is 18.3 Å². The van der Waals surface area contributed by atoms with Gasteiger partial charge in [-0.05, 0) is 38.3 Å². The van der Waals surface area contributed by atoms with Crippen LogP contribution in [0.5, 0.6) is 0 Å². The summed E-state index contributed by atoms with van der Waals surface area (Å²) in [5, 5.41) is 19.8. The van der Waals surface area contributed by atoms with E-state index in [4.69, 9.17) is 4.74 Å². The van der Waals surface area contributed by atoms with Crippen molar-refractivity contribution >= 4 is 17.4 Å². The number of rotatable bonds is 8. The molecule has 0 spiro atoms. The van der Waals surface area contributed by atoms with Gasteiger partial charge in [-0.25, -0.2) is 14.5 Å². The highest BCUT2D eigenvalue weighted by Gasteiger charge is 2.36. The molecule has 2 atom stereocenters. The topological polar surface area (TPSA) is 136 Å². The maximum Gasteiger partial charge on any atom is 0.419 e. The minimum atomic E-state index is -4.75. The molecule has 1 aliphatic rings. The highest BCUT2D eigenvalue weighted by atomic mass is 19.4. The van der Waals surface area contributed by atoms with Gasteiger partial charge in [0, 0.05) is 37.2 Å². The molecule has 1 aliphatic heterocycles. The maximum atomic E-state index is 13.9. The number of fused-ring (bicyclic) bond motifs is 1. The minimum absolute atomic E-state index is 0.0130. The Morgan fingerprint density at radius 1 is 1.24 bits per heavy atom. The summed E-state index contributed by atoms with van der Waals surface area (Å²) < 4.78 is 49.3. The monoisotopic (exact) mass is 585 g/mol. The molecule has 0 bridgehead atoms. The van der Waals surface area contributed by atoms with Crippen molar-refractivity contribution in [3.05, 3.63) is 76.1 Å². The largest absolute Gasteiger partial charge is 0.419 e. The Bertz CT molecular complexity index is 1650. The molecule has 0 saturated carbocycles. The van der Waals surface area contributed by atoms with E-state index < -0.39 is 41.0 Å². The number of carbonyl (C=O) groups excluding carboxylic acids is 1. The average molecular weight is 586 g/mol. The second-order valence-electron chi connectivity index (χ2n) is 10.2. The van der Waals surface area contributed by atoms with Crippen molar-refractivity contribution in [1.82, 2.24) is 29.5 Å². The van der Waals surface area contributed by atoms with Crippen molar-refractivity contribution in [2.45, 2.75) is 51.0 Å². The van der Waals surface area contributed by atoms with Crippen molar-refractivity contribution in [2.75, 3.05) is 25.1 Å². The van der Waals surface area contributed by atoms with Gasteiger partial charge in [0.2, 0.25) is 11.9 Å². The van der Waals surface area contributed by atoms with E-state index in [0.717, 1.165) is 27.2 Å². The molecule has 4 aromatic rings. The lowest BCUT2D eigenvalue weighted by Gasteiger charge is -2.23. The summed E-state index contributed by atoms with van der Waals surface area (Å²) in [5.74, 6) is -0.516. The van der Waals surface area contributed by atoms with Gasteiger partial charge in [0.25, 0.3) is 5.56 Å². The number of amides is 1. The number of halogens is 3. The van der Waals surface area contributed by atoms with Crippen LogP contribution in [0.1, 0.15) is 48.5 Å². The number of aromatic nitrogens is 5. The van der Waals surface area contributed by atoms with Gasteiger partial charge in [-0.1, -0.05) is 29.8 Å². The molecule has 42 heavy (non-hydrogen) atoms. The highest BCUT2D eigenvalue weighted by molar-refractivity contribution is 5.80. The third-order valence-electron chi connectivity index (χ3n) is 7.22. The summed E-state index contributed by atoms with van der Waals surface area (Å²) in [6, 6.07) is 6.78. The molecule has 5 rings (SSSR count). The first kappa shape index (κ1) is 29.2. The number of hydrogen-bond acceptors (Lipinski definition) is 8. The van der Waals surface area contributed by atoms with Gasteiger partial charge in [0.15, 0.2) is 0 Å². The Hall–Kier alpha value is -4.30. The van der Waals surface area contributed by atoms with Crippen LogP contribution in [-0.4, -0.2) is 61.0 Å². The number of carbonyl (C=O) groups is 1. The van der Waals surface area contributed by atoms with Crippen molar-refractivity contribution < 1.29 is 27.8 Å². The predicted molar refractivity (Wildman–Crippen MR) is 147 cm³/mol. The maximum absolute atomic E-state index is 13.9. The minimum Gasteiger partial charge on any atom is -0.394 e. The van der Waals surface area contributed by atoms with Gasteiger partial charge in [-0.15, -0.1) is 0 Å². The van der Waals surface area contributed by atoms with Crippen molar-refractivity contribution in [3.63, 3.8) is 0 Å². The van der Waals surface area contributed by atoms with Crippen LogP contribution in [0.25, 0.3) is 16.8 Å². The molecular weight excluding hydrogens is 555 g/mol. The second-order valence-corrected chi connectivity index (χ2v) is 10.2. The lowest BCUT2D eigenvalue weighted by atomic mass is 10.0. The average Bonchev–Trinajstić information content (AvgIpc) is 3.41. The summed E-state index contributed by atoms with van der Waals surface area (Å²) in [4.78, 5) is 34.5. The number of ether oxygens (including phenoxy) is 1. The highest BCUT2D eigenvalue weighted by Crippen LogP contribution is 2.36. The molecule has 3 aromatic heterocycles. The zero-order chi connectivity index (χ0) is 30.0. The van der Waals surface area contributed by atoms with Crippen molar-refractivity contribution in [1.29, 1.82) is 0 Å². The SMILES string of the molecule is Cc1cccc(C(CO)NC(=O)C(C)n2cnn3cc(-c4nc(NC5CCOCC5)ncc4C(F)(F)F)cc3c2=O)c1. The fourth-order valence-corrected chi connectivity index (χ4v) is 4.85. The summed E-state index contributed by atoms with van der Waals surface area (Å²) in [7, 11) is 0. The van der Waals surface area contributed by atoms with Gasteiger partial charge < -0.3 is 20.5 Å². The first-order chi connectivity index (χ1) is 20.0. The van der Waals surface area contributed by atoms with E-state index in [1.54, 1.807) is 12.1 Å². The van der Waals surface area contributed by atoms with Gasteiger partial charge in [0.1, 0.15) is 23.4 Å². The van der Waals surface area contributed by atoms with E-state index >= 15 is 0 Å². The number of aliphatic hydroxyl groups excluding tert-OH is 1. The Labute approximate surface area is 238 Å². The Balaban J connectivity index is 1.45. The fraction of sp³-hybridized carbons (Fsp3) is 0.393. The number of aryl methyl sites for hydroxylation is 1. The van der Waals surface area contributed by atoms with Gasteiger partial charge in [-0.3, -0.25) is 14.2 Å². The molecule has 1 fully saturated rings. The molecule has 222 valence electrons. The molecule has 1 saturated heterocycles. The fourth-order valence-electron chi connectivity index (χ4n) is 4.85. The molecule has 1 amide bonds. The van der Waals surface area contributed by atoms with Crippen LogP contribution in [0.2, 0.25) is 0 Å². The second kappa shape index (κ2) is 11.9. The Kier molecular flexibility index (Phi) is 8.27. The summed E-state index contributed by atoms with van der Waals surface area (Å²) in [6.07, 6.45) is -0.282. The van der Waals surface area contributed by atoms with Crippen LogP contribution in [-0.2, 0) is 15.7 Å². The standard InChI is InChI=1S/C28H30F3N7O4/c1-16-4-3-5-18(10-16)22(14-39)35-25(40)17(2)37-15-33-38-13-19(11-23(38)26(37)41)24-21(28(29,30)31)12-32-27(36-24)34-20-6-8-42-9-7-20/h3-5,10-13,15,17,20,22,39H,6-9,14H2,1-2H3,(H,35,40)(H,32,34,36). The normalized spacial score (nSPS) is 15.9. The lowest BCUT2D eigenvalue weighted by Crippen LogP contribution is -2.39. The number of nitrogens with one attached hydrogen (secondary N) is 2. The summed E-state index contributed by atoms with van der Waals surface area (Å²) >= 11 is 0. The Morgan fingerprint density at radius 3 is 2.69 bits per heavy atom. The third kappa shape index (κ3) is 6.14. The third-order valence-corrected chi connectivity index (χ3v) is 7.22. The van der Waals surface area contributed by atoms with Crippen LogP contribution >= 0.6 is 0 Å². The van der Waals surface area contributed by atoms with E-state index in [-0.39, 0.29) is 29.7 Å². The molecule has 3 N–H and O–H groups in total. The van der Waals surface area contributed by atoms with Crippen LogP contribution < -0.4 is 16.2 Å².